The summed E-state index contributed by atoms with van der Waals surface area (Å²) in [4.78, 5) is 8.00. The molecule has 2 aromatic carbocycles. The van der Waals surface area contributed by atoms with Gasteiger partial charge in [0.2, 0.25) is 0 Å². The van der Waals surface area contributed by atoms with E-state index in [0.717, 1.165) is 48.5 Å². The summed E-state index contributed by atoms with van der Waals surface area (Å²) in [6.45, 7) is 25.3. The monoisotopic (exact) mass is 657 g/mol. The van der Waals surface area contributed by atoms with Crippen LogP contribution in [0.5, 0.6) is 11.5 Å². The average molecular weight is 657 g/mol. The van der Waals surface area contributed by atoms with Crippen LogP contribution in [0.3, 0.4) is 0 Å². The molecular weight excluding hydrogens is 584 g/mol. The fraction of sp³-hybridized carbons (Fsp3) is 0.690. The van der Waals surface area contributed by atoms with Crippen molar-refractivity contribution in [1.82, 2.24) is 0 Å². The number of carbonyl (C=O) groups is 1. The molecule has 5 heteroatoms. The molecule has 47 heavy (non-hydrogen) atoms. The van der Waals surface area contributed by atoms with E-state index in [-0.39, 0.29) is 12.4 Å². The minimum absolute atomic E-state index is 0.0593. The van der Waals surface area contributed by atoms with Crippen LogP contribution in [0.25, 0.3) is 0 Å². The molecule has 0 spiro atoms. The quantitative estimate of drug-likeness (QED) is 0.159. The second kappa shape index (κ2) is 25.6. The molecule has 0 bridgehead atoms. The normalized spacial score (nSPS) is 16.2. The van der Waals surface area contributed by atoms with Crippen molar-refractivity contribution >= 4 is 6.79 Å². The first-order valence-electron chi connectivity index (χ1n) is 18.3. The van der Waals surface area contributed by atoms with E-state index in [1.807, 2.05) is 51.0 Å². The van der Waals surface area contributed by atoms with E-state index in [9.17, 15) is 0 Å². The van der Waals surface area contributed by atoms with E-state index in [0.29, 0.717) is 6.61 Å². The zero-order chi connectivity index (χ0) is 35.8. The minimum Gasteiger partial charge on any atom is -0.487 e. The smallest absolute Gasteiger partial charge is 0.188 e. The van der Waals surface area contributed by atoms with Crippen LogP contribution in [-0.4, -0.2) is 33.4 Å². The molecule has 0 aliphatic carbocycles. The van der Waals surface area contributed by atoms with Gasteiger partial charge in [-0.25, -0.2) is 0 Å². The number of carbonyl (C=O) groups excluding carboxylic acids is 1. The number of hydrogen-bond donors (Lipinski definition) is 0. The summed E-state index contributed by atoms with van der Waals surface area (Å²) in [7, 11) is 3.37. The van der Waals surface area contributed by atoms with E-state index in [1.54, 1.807) is 14.2 Å². The lowest BCUT2D eigenvalue weighted by molar-refractivity contribution is -0.0980. The summed E-state index contributed by atoms with van der Waals surface area (Å²) in [5.41, 5.74) is 6.08. The van der Waals surface area contributed by atoms with Crippen molar-refractivity contribution in [2.45, 2.75) is 152 Å². The molecule has 0 aromatic heterocycles. The van der Waals surface area contributed by atoms with Crippen LogP contribution < -0.4 is 9.47 Å². The molecule has 0 saturated heterocycles. The minimum atomic E-state index is -0.0593. The van der Waals surface area contributed by atoms with Gasteiger partial charge in [0.15, 0.2) is 6.79 Å². The molecule has 0 saturated carbocycles. The summed E-state index contributed by atoms with van der Waals surface area (Å²) in [5.74, 6) is 4.62. The molecular formula is C42H72O5. The van der Waals surface area contributed by atoms with Gasteiger partial charge in [0.1, 0.15) is 23.9 Å². The van der Waals surface area contributed by atoms with Gasteiger partial charge in [0, 0.05) is 19.8 Å². The number of methoxy groups -OCH3 is 2. The molecule has 0 N–H and O–H groups in total. The first kappa shape index (κ1) is 44.6. The van der Waals surface area contributed by atoms with Crippen LogP contribution in [-0.2, 0) is 27.3 Å². The van der Waals surface area contributed by atoms with E-state index >= 15 is 0 Å². The summed E-state index contributed by atoms with van der Waals surface area (Å²) in [6, 6.07) is 10.1. The van der Waals surface area contributed by atoms with Crippen molar-refractivity contribution in [2.24, 2.45) is 17.8 Å². The Morgan fingerprint density at radius 3 is 1.87 bits per heavy atom. The molecule has 0 fully saturated rings. The van der Waals surface area contributed by atoms with Crippen molar-refractivity contribution < 1.29 is 23.7 Å². The zero-order valence-electron chi connectivity index (χ0n) is 32.6. The highest BCUT2D eigenvalue weighted by Gasteiger charge is 2.34. The number of rotatable bonds is 17. The van der Waals surface area contributed by atoms with E-state index in [2.05, 4.69) is 55.4 Å². The molecule has 3 rings (SSSR count). The second-order valence-corrected chi connectivity index (χ2v) is 13.9. The molecule has 270 valence electrons. The van der Waals surface area contributed by atoms with E-state index in [4.69, 9.17) is 23.7 Å². The van der Waals surface area contributed by atoms with Gasteiger partial charge >= 0.3 is 0 Å². The van der Waals surface area contributed by atoms with E-state index in [1.165, 1.54) is 79.2 Å². The van der Waals surface area contributed by atoms with Crippen molar-refractivity contribution in [3.05, 3.63) is 58.1 Å². The van der Waals surface area contributed by atoms with Crippen molar-refractivity contribution in [2.75, 3.05) is 21.0 Å². The third-order valence-corrected chi connectivity index (χ3v) is 9.31. The third-order valence-electron chi connectivity index (χ3n) is 9.31. The summed E-state index contributed by atoms with van der Waals surface area (Å²) < 4.78 is 22.7. The Morgan fingerprint density at radius 1 is 0.787 bits per heavy atom. The van der Waals surface area contributed by atoms with Gasteiger partial charge in [-0.2, -0.15) is 0 Å². The number of ether oxygens (including phenoxy) is 4. The van der Waals surface area contributed by atoms with Crippen LogP contribution in [0.2, 0.25) is 0 Å². The summed E-state index contributed by atoms with van der Waals surface area (Å²) >= 11 is 0. The number of fused-ring (bicyclic) bond motifs is 1. The lowest BCUT2D eigenvalue weighted by Crippen LogP contribution is -2.37. The molecule has 5 nitrogen and oxygen atoms in total. The lowest BCUT2D eigenvalue weighted by Gasteiger charge is -2.38. The molecule has 0 radical (unpaired) electrons. The van der Waals surface area contributed by atoms with Crippen LogP contribution >= 0.6 is 0 Å². The Hall–Kier alpha value is -2.37. The fourth-order valence-electron chi connectivity index (χ4n) is 6.34. The molecule has 2 aromatic rings. The van der Waals surface area contributed by atoms with Crippen LogP contribution in [0.1, 0.15) is 140 Å². The van der Waals surface area contributed by atoms with Gasteiger partial charge in [-0.1, -0.05) is 117 Å². The standard InChI is InChI=1S/C31H54O3.C8H10O.C2H6.CH2O/c1-22(2)13-10-14-23(3)15-11-16-24(4)17-12-19-31(8)20-18-28-27(7)29(33-21-32-9)25(5)26(6)30(28)34-31;1-9-7-8-5-3-2-4-6-8;2*1-2/h22-24H,10-21H2,1-9H3;2-6H,7H2,1H3;1-2H3;1H2. The Bertz CT molecular complexity index is 1070. The maximum atomic E-state index is 8.00. The highest BCUT2D eigenvalue weighted by atomic mass is 16.7. The van der Waals surface area contributed by atoms with Crippen LogP contribution in [0, 0.1) is 38.5 Å². The average Bonchev–Trinajstić information content (AvgIpc) is 3.06. The summed E-state index contributed by atoms with van der Waals surface area (Å²) in [5, 5.41) is 0. The van der Waals surface area contributed by atoms with Crippen molar-refractivity contribution in [3.63, 3.8) is 0 Å². The predicted molar refractivity (Wildman–Crippen MR) is 201 cm³/mol. The van der Waals surface area contributed by atoms with Crippen LogP contribution in [0.15, 0.2) is 30.3 Å². The Morgan fingerprint density at radius 2 is 1.34 bits per heavy atom. The van der Waals surface area contributed by atoms with Crippen molar-refractivity contribution in [1.29, 1.82) is 0 Å². The largest absolute Gasteiger partial charge is 0.487 e. The third kappa shape index (κ3) is 17.0. The Labute approximate surface area is 290 Å². The lowest BCUT2D eigenvalue weighted by atomic mass is 9.83. The number of hydrogen-bond acceptors (Lipinski definition) is 5. The zero-order valence-corrected chi connectivity index (χ0v) is 32.6. The van der Waals surface area contributed by atoms with E-state index < -0.39 is 0 Å². The highest BCUT2D eigenvalue weighted by molar-refractivity contribution is 5.59. The molecule has 1 heterocycles. The first-order chi connectivity index (χ1) is 22.5. The summed E-state index contributed by atoms with van der Waals surface area (Å²) in [6.07, 6.45) is 14.2. The molecule has 1 aliphatic rings. The van der Waals surface area contributed by atoms with Crippen LogP contribution in [0.4, 0.5) is 0 Å². The highest BCUT2D eigenvalue weighted by Crippen LogP contribution is 2.45. The predicted octanol–water partition coefficient (Wildman–Crippen LogP) is 11.8. The van der Waals surface area contributed by atoms with Gasteiger partial charge in [-0.3, -0.25) is 0 Å². The second-order valence-electron chi connectivity index (χ2n) is 13.9. The SMILES string of the molecule is C=O.CC.COCOc1c(C)c(C)c2c(c1C)CCC(C)(CCCC(C)CCCC(C)CCCC(C)C)O2.COCc1ccccc1. The topological polar surface area (TPSA) is 54.0 Å². The molecule has 3 atom stereocenters. The maximum absolute atomic E-state index is 8.00. The maximum Gasteiger partial charge on any atom is 0.188 e. The fourth-order valence-corrected chi connectivity index (χ4v) is 6.34. The number of benzene rings is 2. The molecule has 0 amide bonds. The molecule has 1 aliphatic heterocycles. The Balaban J connectivity index is 0.00000137. The van der Waals surface area contributed by atoms with Gasteiger partial charge in [0.25, 0.3) is 0 Å². The first-order valence-corrected chi connectivity index (χ1v) is 18.3. The van der Waals surface area contributed by atoms with Gasteiger partial charge in [-0.15, -0.1) is 0 Å². The Kier molecular flexibility index (Phi) is 24.3. The van der Waals surface area contributed by atoms with Gasteiger partial charge in [0.05, 0.1) is 6.61 Å². The molecule has 3 unspecified atom stereocenters. The van der Waals surface area contributed by atoms with Gasteiger partial charge in [-0.05, 0) is 93.4 Å². The van der Waals surface area contributed by atoms with Crippen molar-refractivity contribution in [3.8, 4) is 11.5 Å². The van der Waals surface area contributed by atoms with Gasteiger partial charge < -0.3 is 23.7 Å².